The summed E-state index contributed by atoms with van der Waals surface area (Å²) in [6, 6.07) is 0.680. The minimum Gasteiger partial charge on any atom is -0.354 e. The Bertz CT molecular complexity index is 240. The van der Waals surface area contributed by atoms with Gasteiger partial charge in [-0.3, -0.25) is 4.79 Å². The highest BCUT2D eigenvalue weighted by molar-refractivity contribution is 7.99. The van der Waals surface area contributed by atoms with Gasteiger partial charge in [-0.05, 0) is 19.3 Å². The van der Waals surface area contributed by atoms with Crippen LogP contribution in [-0.2, 0) is 4.79 Å². The zero-order chi connectivity index (χ0) is 13.4. The van der Waals surface area contributed by atoms with Crippen molar-refractivity contribution in [3.05, 3.63) is 0 Å². The van der Waals surface area contributed by atoms with Crippen LogP contribution in [0.1, 0.15) is 46.5 Å². The molecule has 1 amide bonds. The monoisotopic (exact) mass is 272 g/mol. The Hall–Kier alpha value is -0.220. The van der Waals surface area contributed by atoms with E-state index in [2.05, 4.69) is 31.4 Å². The average molecular weight is 272 g/mol. The fourth-order valence-electron chi connectivity index (χ4n) is 2.21. The van der Waals surface area contributed by atoms with Gasteiger partial charge in [0.15, 0.2) is 0 Å². The van der Waals surface area contributed by atoms with Gasteiger partial charge in [0.2, 0.25) is 5.91 Å². The van der Waals surface area contributed by atoms with E-state index in [1.54, 1.807) is 0 Å². The van der Waals surface area contributed by atoms with Crippen LogP contribution < -0.4 is 10.6 Å². The Kier molecular flexibility index (Phi) is 7.75. The largest absolute Gasteiger partial charge is 0.354 e. The smallest absolute Gasteiger partial charge is 0.221 e. The molecule has 0 saturated carbocycles. The summed E-state index contributed by atoms with van der Waals surface area (Å²) in [4.78, 5) is 11.9. The van der Waals surface area contributed by atoms with Gasteiger partial charge in [-0.1, -0.05) is 26.7 Å². The van der Waals surface area contributed by atoms with Crippen molar-refractivity contribution in [2.24, 2.45) is 5.92 Å². The van der Waals surface area contributed by atoms with Crippen molar-refractivity contribution in [3.8, 4) is 0 Å². The van der Waals surface area contributed by atoms with Crippen molar-refractivity contribution in [1.29, 1.82) is 0 Å². The molecule has 0 aromatic heterocycles. The van der Waals surface area contributed by atoms with Crippen molar-refractivity contribution in [1.82, 2.24) is 10.6 Å². The maximum absolute atomic E-state index is 11.9. The number of thioether (sulfide) groups is 1. The lowest BCUT2D eigenvalue weighted by Crippen LogP contribution is -2.43. The lowest BCUT2D eigenvalue weighted by Gasteiger charge is -2.23. The highest BCUT2D eigenvalue weighted by Crippen LogP contribution is 2.11. The van der Waals surface area contributed by atoms with Crippen molar-refractivity contribution in [2.75, 3.05) is 18.1 Å². The third-order valence-electron chi connectivity index (χ3n) is 3.26. The first-order valence-electron chi connectivity index (χ1n) is 7.18. The van der Waals surface area contributed by atoms with Crippen molar-refractivity contribution >= 4 is 17.7 Å². The third-order valence-corrected chi connectivity index (χ3v) is 4.39. The van der Waals surface area contributed by atoms with Crippen LogP contribution in [0.25, 0.3) is 0 Å². The summed E-state index contributed by atoms with van der Waals surface area (Å²) in [5, 5.41) is 6.51. The van der Waals surface area contributed by atoms with Crippen molar-refractivity contribution in [2.45, 2.75) is 58.5 Å². The molecule has 0 aromatic rings. The van der Waals surface area contributed by atoms with E-state index in [1.165, 1.54) is 18.6 Å². The van der Waals surface area contributed by atoms with Crippen LogP contribution in [0.2, 0.25) is 0 Å². The van der Waals surface area contributed by atoms with E-state index in [9.17, 15) is 4.79 Å². The number of carbonyl (C=O) groups excluding carboxylic acids is 1. The molecule has 106 valence electrons. The van der Waals surface area contributed by atoms with E-state index >= 15 is 0 Å². The Morgan fingerprint density at radius 3 is 2.78 bits per heavy atom. The van der Waals surface area contributed by atoms with Crippen LogP contribution in [0, 0.1) is 5.92 Å². The summed E-state index contributed by atoms with van der Waals surface area (Å²) in [6.07, 6.45) is 4.18. The van der Waals surface area contributed by atoms with E-state index < -0.39 is 0 Å². The second-order valence-electron chi connectivity index (χ2n) is 5.72. The van der Waals surface area contributed by atoms with Gasteiger partial charge in [-0.2, -0.15) is 11.8 Å². The molecule has 0 radical (unpaired) electrons. The molecule has 0 aromatic carbocycles. The molecule has 1 aliphatic rings. The Balaban J connectivity index is 2.10. The molecule has 0 aliphatic carbocycles. The van der Waals surface area contributed by atoms with Crippen LogP contribution in [-0.4, -0.2) is 36.0 Å². The van der Waals surface area contributed by atoms with Crippen LogP contribution in [0.15, 0.2) is 0 Å². The van der Waals surface area contributed by atoms with E-state index in [0.29, 0.717) is 18.5 Å². The SMILES string of the molecule is CC(C)CCCC(C)NC(=O)CC1CSCCN1. The van der Waals surface area contributed by atoms with Crippen LogP contribution in [0.4, 0.5) is 0 Å². The number of hydrogen-bond acceptors (Lipinski definition) is 3. The predicted molar refractivity (Wildman–Crippen MR) is 80.0 cm³/mol. The number of rotatable bonds is 7. The minimum atomic E-state index is 0.201. The van der Waals surface area contributed by atoms with Crippen molar-refractivity contribution < 1.29 is 4.79 Å². The molecule has 1 fully saturated rings. The zero-order valence-electron chi connectivity index (χ0n) is 12.0. The fraction of sp³-hybridized carbons (Fsp3) is 0.929. The quantitative estimate of drug-likeness (QED) is 0.748. The van der Waals surface area contributed by atoms with Gasteiger partial charge in [-0.25, -0.2) is 0 Å². The average Bonchev–Trinajstić information content (AvgIpc) is 2.29. The number of nitrogens with one attached hydrogen (secondary N) is 2. The highest BCUT2D eigenvalue weighted by Gasteiger charge is 2.17. The molecule has 1 heterocycles. The molecule has 2 unspecified atom stereocenters. The summed E-state index contributed by atoms with van der Waals surface area (Å²) in [6.45, 7) is 7.64. The van der Waals surface area contributed by atoms with Gasteiger partial charge in [0.25, 0.3) is 0 Å². The summed E-state index contributed by atoms with van der Waals surface area (Å²) >= 11 is 1.94. The van der Waals surface area contributed by atoms with Gasteiger partial charge in [-0.15, -0.1) is 0 Å². The lowest BCUT2D eigenvalue weighted by molar-refractivity contribution is -0.122. The number of carbonyl (C=O) groups is 1. The molecule has 2 N–H and O–H groups in total. The minimum absolute atomic E-state index is 0.201. The maximum atomic E-state index is 11.9. The molecular weight excluding hydrogens is 244 g/mol. The first-order valence-corrected chi connectivity index (χ1v) is 8.34. The lowest BCUT2D eigenvalue weighted by atomic mass is 10.0. The normalized spacial score (nSPS) is 21.9. The Morgan fingerprint density at radius 1 is 1.39 bits per heavy atom. The predicted octanol–water partition coefficient (Wildman–Crippen LogP) is 2.41. The van der Waals surface area contributed by atoms with E-state index in [4.69, 9.17) is 0 Å². The van der Waals surface area contributed by atoms with E-state index in [0.717, 1.165) is 24.6 Å². The van der Waals surface area contributed by atoms with Crippen molar-refractivity contribution in [3.63, 3.8) is 0 Å². The molecule has 18 heavy (non-hydrogen) atoms. The summed E-state index contributed by atoms with van der Waals surface area (Å²) in [7, 11) is 0. The molecule has 3 nitrogen and oxygen atoms in total. The first-order chi connectivity index (χ1) is 8.58. The second kappa shape index (κ2) is 8.81. The number of hydrogen-bond donors (Lipinski definition) is 2. The molecule has 2 atom stereocenters. The molecule has 0 spiro atoms. The maximum Gasteiger partial charge on any atom is 0.221 e. The fourth-order valence-corrected chi connectivity index (χ4v) is 3.16. The topological polar surface area (TPSA) is 41.1 Å². The van der Waals surface area contributed by atoms with E-state index in [1.807, 2.05) is 11.8 Å². The second-order valence-corrected chi connectivity index (χ2v) is 6.87. The Morgan fingerprint density at radius 2 is 2.17 bits per heavy atom. The van der Waals surface area contributed by atoms with Crippen LogP contribution in [0.3, 0.4) is 0 Å². The summed E-state index contributed by atoms with van der Waals surface area (Å²) < 4.78 is 0. The van der Waals surface area contributed by atoms with Crippen LogP contribution in [0.5, 0.6) is 0 Å². The molecule has 1 aliphatic heterocycles. The first kappa shape index (κ1) is 15.8. The molecule has 0 bridgehead atoms. The summed E-state index contributed by atoms with van der Waals surface area (Å²) in [5.74, 6) is 3.20. The third kappa shape index (κ3) is 7.27. The zero-order valence-corrected chi connectivity index (χ0v) is 12.8. The van der Waals surface area contributed by atoms with Gasteiger partial charge in [0, 0.05) is 36.6 Å². The molecule has 4 heteroatoms. The molecule has 1 rings (SSSR count). The molecule has 1 saturated heterocycles. The summed E-state index contributed by atoms with van der Waals surface area (Å²) in [5.41, 5.74) is 0. The van der Waals surface area contributed by atoms with Gasteiger partial charge >= 0.3 is 0 Å². The van der Waals surface area contributed by atoms with Gasteiger partial charge in [0.05, 0.1) is 0 Å². The highest BCUT2D eigenvalue weighted by atomic mass is 32.2. The van der Waals surface area contributed by atoms with Crippen LogP contribution >= 0.6 is 11.8 Å². The van der Waals surface area contributed by atoms with E-state index in [-0.39, 0.29) is 5.91 Å². The Labute approximate surface area is 116 Å². The van der Waals surface area contributed by atoms with Gasteiger partial charge in [0.1, 0.15) is 0 Å². The standard InChI is InChI=1S/C14H28N2OS/c1-11(2)5-4-6-12(3)16-14(17)9-13-10-18-8-7-15-13/h11-13,15H,4-10H2,1-3H3,(H,16,17). The number of amides is 1. The van der Waals surface area contributed by atoms with Gasteiger partial charge < -0.3 is 10.6 Å². The molecular formula is C14H28N2OS.